The molecule has 0 bridgehead atoms. The van der Waals surface area contributed by atoms with E-state index < -0.39 is 41.6 Å². The van der Waals surface area contributed by atoms with Gasteiger partial charge >= 0.3 is 78.1 Å². The van der Waals surface area contributed by atoms with Crippen LogP contribution in [0.4, 0.5) is 49.1 Å². The largest absolute Gasteiger partial charge is 1.00 e. The van der Waals surface area contributed by atoms with Crippen molar-refractivity contribution in [3.8, 4) is 17.2 Å². The zero-order valence-electron chi connectivity index (χ0n) is 58.5. The minimum Gasteiger partial charge on any atom is -0.870 e. The van der Waals surface area contributed by atoms with Gasteiger partial charge in [-0.25, -0.2) is 19.4 Å². The van der Waals surface area contributed by atoms with Gasteiger partial charge in [-0.1, -0.05) is 69.9 Å². The van der Waals surface area contributed by atoms with Crippen molar-refractivity contribution in [2.75, 3.05) is 99.0 Å². The number of carboxylic acids is 1. The second-order valence-corrected chi connectivity index (χ2v) is 20.9. The summed E-state index contributed by atoms with van der Waals surface area (Å²) in [6.07, 6.45) is -6.84. The zero-order chi connectivity index (χ0) is 74.1. The van der Waals surface area contributed by atoms with Gasteiger partial charge in [0.05, 0.1) is 75.0 Å². The van der Waals surface area contributed by atoms with Crippen LogP contribution >= 0.6 is 0 Å². The van der Waals surface area contributed by atoms with Crippen LogP contribution in [0, 0.1) is 0 Å². The van der Waals surface area contributed by atoms with E-state index in [0.717, 1.165) is 33.0 Å². The number of esters is 2. The van der Waals surface area contributed by atoms with Crippen molar-refractivity contribution in [3.63, 3.8) is 0 Å². The van der Waals surface area contributed by atoms with E-state index in [1.807, 2.05) is 34.6 Å². The fourth-order valence-electron chi connectivity index (χ4n) is 9.27. The Morgan fingerprint density at radius 2 is 0.882 bits per heavy atom. The van der Waals surface area contributed by atoms with Gasteiger partial charge in [0.25, 0.3) is 0 Å². The van der Waals surface area contributed by atoms with Gasteiger partial charge in [0, 0.05) is 63.1 Å². The summed E-state index contributed by atoms with van der Waals surface area (Å²) in [4.78, 5) is 72.5. The van der Waals surface area contributed by atoms with Gasteiger partial charge in [-0.2, -0.15) is 39.5 Å². The van der Waals surface area contributed by atoms with E-state index in [2.05, 4.69) is 41.1 Å². The molecule has 0 spiro atoms. The molecule has 6 aromatic rings. The quantitative estimate of drug-likeness (QED) is 0.00616. The molecule has 570 valence electrons. The number of carbonyl (C=O) groups is 5. The number of aliphatic hydroxyl groups is 1. The van der Waals surface area contributed by atoms with E-state index in [9.17, 15) is 68.3 Å². The van der Waals surface area contributed by atoms with Gasteiger partial charge in [0.15, 0.2) is 33.8 Å². The second kappa shape index (κ2) is 51.2. The Bertz CT molecular complexity index is 3450. The number of isocyanates is 1. The number of carboxylic acid groups (broad SMARTS) is 1. The number of halogens is 9. The molecule has 3 aromatic carbocycles. The molecule has 26 nitrogen and oxygen atoms in total. The molecule has 0 saturated carbocycles. The second-order valence-electron chi connectivity index (χ2n) is 20.9. The zero-order valence-corrected chi connectivity index (χ0v) is 60.5. The molecule has 0 fully saturated rings. The molecule has 102 heavy (non-hydrogen) atoms. The third-order valence-electron chi connectivity index (χ3n) is 13.7. The van der Waals surface area contributed by atoms with Crippen LogP contribution in [0.15, 0.2) is 55.0 Å². The van der Waals surface area contributed by atoms with E-state index in [4.69, 9.17) is 42.7 Å². The summed E-state index contributed by atoms with van der Waals surface area (Å²) in [5, 5.41) is 33.4. The van der Waals surface area contributed by atoms with E-state index in [-0.39, 0.29) is 151 Å². The third kappa shape index (κ3) is 32.6. The molecule has 0 unspecified atom stereocenters. The van der Waals surface area contributed by atoms with E-state index in [1.54, 1.807) is 31.7 Å². The number of amides is 4. The number of urea groups is 2. The number of aryl methyl sites for hydroxylation is 3. The minimum absolute atomic E-state index is 0. The molecular formula is C66H95F9N9NaO17. The number of hydrogen-bond acceptors (Lipinski definition) is 21. The molecule has 0 aliphatic rings. The Kier molecular flexibility index (Phi) is 48.3. The normalized spacial score (nSPS) is 10.8. The molecule has 6 N–H and O–H groups in total. The average molecular weight is 1480 g/mol. The number of benzene rings is 3. The van der Waals surface area contributed by atoms with Crippen molar-refractivity contribution in [3.05, 3.63) is 70.2 Å². The summed E-state index contributed by atoms with van der Waals surface area (Å²) in [6.45, 7) is 20.3. The summed E-state index contributed by atoms with van der Waals surface area (Å²) < 4.78 is 159. The molecule has 3 aromatic heterocycles. The van der Waals surface area contributed by atoms with Gasteiger partial charge in [-0.15, -0.1) is 0 Å². The van der Waals surface area contributed by atoms with E-state index in [1.165, 1.54) is 41.3 Å². The summed E-state index contributed by atoms with van der Waals surface area (Å²) in [5.74, 6) is -0.263. The van der Waals surface area contributed by atoms with Crippen molar-refractivity contribution >= 4 is 69.0 Å². The number of hydrogen-bond donors (Lipinski definition) is 5. The first kappa shape index (κ1) is 96.1. The Morgan fingerprint density at radius 1 is 0.539 bits per heavy atom. The summed E-state index contributed by atoms with van der Waals surface area (Å²) in [6, 6.07) is 7.86. The molecule has 0 saturated heterocycles. The number of nitrogens with zero attached hydrogens (tertiary/aromatic N) is 6. The summed E-state index contributed by atoms with van der Waals surface area (Å²) >= 11 is 0. The molecule has 0 aliphatic carbocycles. The first-order chi connectivity index (χ1) is 47.2. The summed E-state index contributed by atoms with van der Waals surface area (Å²) in [7, 11) is 1.00. The number of nitrogens with one attached hydrogen (secondary N) is 3. The minimum atomic E-state index is -4.61. The Morgan fingerprint density at radius 3 is 1.19 bits per heavy atom. The molecule has 6 rings (SSSR count). The molecule has 0 radical (unpaired) electrons. The Labute approximate surface area is 608 Å². The van der Waals surface area contributed by atoms with Gasteiger partial charge in [0.1, 0.15) is 17.2 Å². The van der Waals surface area contributed by atoms with Crippen molar-refractivity contribution < 1.29 is 151 Å². The standard InChI is InChI=1S/C22H30F3N3O5.C20H26F3N3O5.C16H21F3N2O2.C6H9NO3.CH4O.CH4.Na.H2O/c1-4-8-15-17(10-9-16-19(15)33-27-20(16)22(23,24)25)32-14-7-13-28(5-2)21(30)26-12-11-18(29)31-6-3;1-3-6-13-15(8-7-14-17(13)31-25-18(14)20(21,22)23)30-12-5-11-26(4-2)19(29)24-10-9-16(27)28;1-3-6-11-13(22-10-5-9-20-4-2)8-7-12-14(11)23-21-15(12)16(17,18)19;1-2-10-6(9)3-4-7-5-8;1-2;;;/h9-10H,4-8,11-14H2,1-3H3,(H,26,30);7-8H,3-6,9-12H2,1-2H3,(H,24,29)(H,27,28);7-8,20H,3-6,9-10H2,1-2H3;2-4H2,1H3;2H,1H3;1H4;;1H2/q;;;;;;+1;/p-1. The van der Waals surface area contributed by atoms with E-state index in [0.29, 0.717) is 125 Å². The number of ether oxygens (including phenoxy) is 5. The van der Waals surface area contributed by atoms with Crippen LogP contribution in [0.3, 0.4) is 0 Å². The van der Waals surface area contributed by atoms with Gasteiger partial charge in [-0.3, -0.25) is 14.4 Å². The van der Waals surface area contributed by atoms with Gasteiger partial charge in [-0.05, 0) is 116 Å². The van der Waals surface area contributed by atoms with E-state index >= 15 is 0 Å². The van der Waals surface area contributed by atoms with Crippen molar-refractivity contribution in [1.29, 1.82) is 0 Å². The van der Waals surface area contributed by atoms with Crippen molar-refractivity contribution in [2.24, 2.45) is 4.99 Å². The molecule has 0 atom stereocenters. The van der Waals surface area contributed by atoms with Crippen LogP contribution in [-0.2, 0) is 66.4 Å². The number of fused-ring (bicyclic) bond motifs is 3. The fraction of sp³-hybridized carbons (Fsp3) is 0.591. The SMILES string of the molecule is C.CCCc1c(OCCCN(CC)C(=O)NCCC(=O)O)ccc2c(C(F)(F)F)noc12.CCCc1c(OCCCN(CC)C(=O)NCCC(=O)OCC)ccc2c(C(F)(F)F)noc12.CCCc1c(OCCCNCC)ccc2c(C(F)(F)F)noc12.CCOC(=O)CCN=C=O.CO.[Na+].[OH-]. The number of rotatable bonds is 35. The number of aliphatic imine (C=N–C) groups is 1. The smallest absolute Gasteiger partial charge is 0.870 e. The van der Waals surface area contributed by atoms with Gasteiger partial charge < -0.3 is 78.7 Å². The van der Waals surface area contributed by atoms with Crippen LogP contribution in [0.2, 0.25) is 0 Å². The van der Waals surface area contributed by atoms with Crippen LogP contribution < -0.4 is 59.7 Å². The number of aromatic nitrogens is 3. The first-order valence-electron chi connectivity index (χ1n) is 32.3. The third-order valence-corrected chi connectivity index (χ3v) is 13.7. The predicted octanol–water partition coefficient (Wildman–Crippen LogP) is 10.2. The Balaban J connectivity index is 0. The van der Waals surface area contributed by atoms with Crippen LogP contribution in [0.1, 0.15) is 154 Å². The number of aliphatic hydroxyl groups excluding tert-OH is 1. The number of carbonyl (C=O) groups excluding carboxylic acids is 5. The topological polar surface area (TPSA) is 352 Å². The maximum absolute atomic E-state index is 13.1. The summed E-state index contributed by atoms with van der Waals surface area (Å²) in [5.41, 5.74) is -1.04. The van der Waals surface area contributed by atoms with Crippen molar-refractivity contribution in [2.45, 2.75) is 158 Å². The number of aliphatic carboxylic acids is 1. The average Bonchev–Trinajstić information content (AvgIpc) is 1.63. The van der Waals surface area contributed by atoms with Crippen molar-refractivity contribution in [1.82, 2.24) is 41.2 Å². The maximum Gasteiger partial charge on any atom is 1.00 e. The van der Waals surface area contributed by atoms with Crippen LogP contribution in [-0.4, -0.2) is 176 Å². The first-order valence-corrected chi connectivity index (χ1v) is 32.3. The van der Waals surface area contributed by atoms with Crippen LogP contribution in [0.25, 0.3) is 32.9 Å². The molecule has 3 heterocycles. The Hall–Kier alpha value is -7.95. The number of alkyl halides is 9. The van der Waals surface area contributed by atoms with Gasteiger partial charge in [0.2, 0.25) is 6.08 Å². The molecule has 0 aliphatic heterocycles. The predicted molar refractivity (Wildman–Crippen MR) is 354 cm³/mol. The molecule has 36 heteroatoms. The van der Waals surface area contributed by atoms with Crippen LogP contribution in [0.5, 0.6) is 17.2 Å². The maximum atomic E-state index is 13.1. The molecular weight excluding hydrogens is 1380 g/mol. The molecule has 4 amide bonds. The fourth-order valence-corrected chi connectivity index (χ4v) is 9.27. The monoisotopic (exact) mass is 1480 g/mol.